The van der Waals surface area contributed by atoms with E-state index in [4.69, 9.17) is 10.5 Å². The molecule has 7 heteroatoms. The lowest BCUT2D eigenvalue weighted by atomic mass is 9.89. The van der Waals surface area contributed by atoms with E-state index in [2.05, 4.69) is 10.1 Å². The third kappa shape index (κ3) is 2.75. The van der Waals surface area contributed by atoms with Gasteiger partial charge in [0.15, 0.2) is 0 Å². The largest absolute Gasteiger partial charge is 0.445 e. The first-order valence-electron chi connectivity index (χ1n) is 8.67. The summed E-state index contributed by atoms with van der Waals surface area (Å²) < 4.78 is 6.60. The van der Waals surface area contributed by atoms with Gasteiger partial charge in [-0.25, -0.2) is 4.79 Å². The molecule has 3 aromatic rings. The van der Waals surface area contributed by atoms with Crippen molar-refractivity contribution in [1.29, 1.82) is 0 Å². The highest BCUT2D eigenvalue weighted by molar-refractivity contribution is 5.94. The lowest BCUT2D eigenvalue weighted by Crippen LogP contribution is -2.19. The first-order chi connectivity index (χ1) is 12.5. The van der Waals surface area contributed by atoms with E-state index >= 15 is 0 Å². The van der Waals surface area contributed by atoms with Gasteiger partial charge < -0.3 is 15.5 Å². The number of fused-ring (bicyclic) bond motifs is 3. The van der Waals surface area contributed by atoms with Crippen molar-refractivity contribution in [1.82, 2.24) is 14.8 Å². The van der Waals surface area contributed by atoms with Gasteiger partial charge in [-0.2, -0.15) is 5.10 Å². The van der Waals surface area contributed by atoms with Crippen LogP contribution in [0.3, 0.4) is 0 Å². The average molecular weight is 352 g/mol. The van der Waals surface area contributed by atoms with Crippen molar-refractivity contribution in [2.24, 2.45) is 12.8 Å². The number of hydrogen-bond acceptors (Lipinski definition) is 4. The molecule has 0 bridgehead atoms. The van der Waals surface area contributed by atoms with E-state index in [9.17, 15) is 9.59 Å². The number of carbonyl (C=O) groups is 1. The van der Waals surface area contributed by atoms with Crippen molar-refractivity contribution in [3.63, 3.8) is 0 Å². The second-order valence-electron chi connectivity index (χ2n) is 6.62. The highest BCUT2D eigenvalue weighted by Gasteiger charge is 2.22. The maximum absolute atomic E-state index is 12.4. The van der Waals surface area contributed by atoms with Gasteiger partial charge in [0.25, 0.3) is 5.56 Å². The topological polar surface area (TPSA) is 103 Å². The maximum atomic E-state index is 12.4. The number of aromatic amines is 1. The number of benzene rings is 1. The quantitative estimate of drug-likeness (QED) is 0.755. The molecule has 0 saturated heterocycles. The van der Waals surface area contributed by atoms with Gasteiger partial charge in [-0.3, -0.25) is 9.48 Å². The van der Waals surface area contributed by atoms with Gasteiger partial charge in [0.05, 0.1) is 0 Å². The third-order valence-electron chi connectivity index (χ3n) is 4.90. The molecule has 0 aliphatic heterocycles. The summed E-state index contributed by atoms with van der Waals surface area (Å²) in [6.45, 7) is 0.114. The van der Waals surface area contributed by atoms with E-state index in [0.29, 0.717) is 0 Å². The highest BCUT2D eigenvalue weighted by Crippen LogP contribution is 2.33. The Kier molecular flexibility index (Phi) is 3.99. The van der Waals surface area contributed by atoms with Crippen LogP contribution in [0.15, 0.2) is 29.1 Å². The second kappa shape index (κ2) is 6.33. The Bertz CT molecular complexity index is 1060. The molecular formula is C19H20N4O3. The number of aromatic nitrogens is 3. The second-order valence-corrected chi connectivity index (χ2v) is 6.62. The summed E-state index contributed by atoms with van der Waals surface area (Å²) in [4.78, 5) is 26.3. The van der Waals surface area contributed by atoms with Gasteiger partial charge in [0.1, 0.15) is 17.9 Å². The number of hydrogen-bond donors (Lipinski definition) is 2. The first kappa shape index (κ1) is 16.4. The molecule has 1 aromatic carbocycles. The number of nitrogens with one attached hydrogen (secondary N) is 1. The standard InChI is InChI=1S/C19H20N4O3/c1-23-17-15(13-7-2-3-8-14(13)18(24)21-17)16(22-23)12-6-4-5-11(9-12)10-26-19(20)25/h4-6,9H,2-3,7-8,10H2,1H3,(H2,20,25)(H,21,24). The van der Waals surface area contributed by atoms with Crippen molar-refractivity contribution < 1.29 is 9.53 Å². The molecule has 0 unspecified atom stereocenters. The molecule has 3 N–H and O–H groups in total. The molecule has 0 fully saturated rings. The molecule has 7 nitrogen and oxygen atoms in total. The van der Waals surface area contributed by atoms with Crippen LogP contribution in [0.4, 0.5) is 4.79 Å². The number of ether oxygens (including phenoxy) is 1. The van der Waals surface area contributed by atoms with E-state index in [0.717, 1.165) is 64.7 Å². The molecule has 0 radical (unpaired) electrons. The Morgan fingerprint density at radius 1 is 1.31 bits per heavy atom. The van der Waals surface area contributed by atoms with Crippen molar-refractivity contribution in [2.75, 3.05) is 0 Å². The highest BCUT2D eigenvalue weighted by atomic mass is 16.5. The molecule has 0 spiro atoms. The average Bonchev–Trinajstić information content (AvgIpc) is 2.97. The number of aryl methyl sites for hydroxylation is 2. The fraction of sp³-hybridized carbons (Fsp3) is 0.316. The molecule has 2 aromatic heterocycles. The summed E-state index contributed by atoms with van der Waals surface area (Å²) in [6.07, 6.45) is 3.01. The van der Waals surface area contributed by atoms with Gasteiger partial charge in [-0.15, -0.1) is 0 Å². The minimum Gasteiger partial charge on any atom is -0.445 e. The number of rotatable bonds is 3. The molecule has 0 saturated carbocycles. The predicted molar refractivity (Wildman–Crippen MR) is 97.8 cm³/mol. The summed E-state index contributed by atoms with van der Waals surface area (Å²) in [5.41, 5.74) is 10.3. The van der Waals surface area contributed by atoms with E-state index in [1.807, 2.05) is 31.3 Å². The number of amides is 1. The number of nitrogens with zero attached hydrogens (tertiary/aromatic N) is 2. The normalized spacial score (nSPS) is 13.6. The van der Waals surface area contributed by atoms with Gasteiger partial charge in [0.2, 0.25) is 0 Å². The number of H-pyrrole nitrogens is 1. The fourth-order valence-corrected chi connectivity index (χ4v) is 3.73. The van der Waals surface area contributed by atoms with Crippen LogP contribution in [0.1, 0.15) is 29.5 Å². The fourth-order valence-electron chi connectivity index (χ4n) is 3.73. The van der Waals surface area contributed by atoms with Crippen LogP contribution in [0.2, 0.25) is 0 Å². The summed E-state index contributed by atoms with van der Waals surface area (Å²) in [6, 6.07) is 7.67. The van der Waals surface area contributed by atoms with Gasteiger partial charge in [-0.1, -0.05) is 18.2 Å². The zero-order chi connectivity index (χ0) is 18.3. The van der Waals surface area contributed by atoms with Crippen LogP contribution in [0.5, 0.6) is 0 Å². The minimum absolute atomic E-state index is 0.00893. The maximum Gasteiger partial charge on any atom is 0.404 e. The van der Waals surface area contributed by atoms with Crippen LogP contribution in [0, 0.1) is 0 Å². The minimum atomic E-state index is -0.801. The molecule has 134 valence electrons. The van der Waals surface area contributed by atoms with Crippen molar-refractivity contribution >= 4 is 17.1 Å². The Morgan fingerprint density at radius 2 is 2.08 bits per heavy atom. The first-order valence-corrected chi connectivity index (χ1v) is 8.67. The summed E-state index contributed by atoms with van der Waals surface area (Å²) in [7, 11) is 1.83. The monoisotopic (exact) mass is 352 g/mol. The molecule has 1 aliphatic rings. The Hall–Kier alpha value is -3.09. The Morgan fingerprint density at radius 3 is 2.85 bits per heavy atom. The SMILES string of the molecule is Cn1nc(-c2cccc(COC(N)=O)c2)c2c3c(c(=O)[nH]c21)CCCC3. The van der Waals surface area contributed by atoms with Crippen LogP contribution in [-0.4, -0.2) is 20.9 Å². The molecule has 2 heterocycles. The van der Waals surface area contributed by atoms with Crippen LogP contribution in [-0.2, 0) is 31.2 Å². The van der Waals surface area contributed by atoms with Crippen molar-refractivity contribution in [3.8, 4) is 11.3 Å². The number of carbonyl (C=O) groups excluding carboxylic acids is 1. The Labute approximate surface area is 149 Å². The summed E-state index contributed by atoms with van der Waals surface area (Å²) in [5.74, 6) is 0. The van der Waals surface area contributed by atoms with Crippen LogP contribution in [0.25, 0.3) is 22.3 Å². The van der Waals surface area contributed by atoms with Crippen LogP contribution < -0.4 is 11.3 Å². The zero-order valence-electron chi connectivity index (χ0n) is 14.5. The predicted octanol–water partition coefficient (Wildman–Crippen LogP) is 2.40. The molecule has 1 amide bonds. The smallest absolute Gasteiger partial charge is 0.404 e. The summed E-state index contributed by atoms with van der Waals surface area (Å²) >= 11 is 0. The van der Waals surface area contributed by atoms with E-state index in [-0.39, 0.29) is 12.2 Å². The molecule has 0 atom stereocenters. The number of primary amides is 1. The van der Waals surface area contributed by atoms with E-state index < -0.39 is 6.09 Å². The molecular weight excluding hydrogens is 332 g/mol. The lowest BCUT2D eigenvalue weighted by Gasteiger charge is -2.16. The van der Waals surface area contributed by atoms with Crippen molar-refractivity contribution in [3.05, 3.63) is 51.3 Å². The third-order valence-corrected chi connectivity index (χ3v) is 4.90. The van der Waals surface area contributed by atoms with Crippen LogP contribution >= 0.6 is 0 Å². The van der Waals surface area contributed by atoms with E-state index in [1.54, 1.807) is 4.68 Å². The molecule has 1 aliphatic carbocycles. The summed E-state index contributed by atoms with van der Waals surface area (Å²) in [5, 5.41) is 5.67. The lowest BCUT2D eigenvalue weighted by molar-refractivity contribution is 0.150. The van der Waals surface area contributed by atoms with E-state index in [1.165, 1.54) is 0 Å². The van der Waals surface area contributed by atoms with Crippen molar-refractivity contribution in [2.45, 2.75) is 32.3 Å². The van der Waals surface area contributed by atoms with Gasteiger partial charge in [0, 0.05) is 23.6 Å². The molecule has 26 heavy (non-hydrogen) atoms. The number of pyridine rings is 1. The number of nitrogens with two attached hydrogens (primary N) is 1. The zero-order valence-corrected chi connectivity index (χ0v) is 14.5. The Balaban J connectivity index is 1.89. The van der Waals surface area contributed by atoms with Gasteiger partial charge in [-0.05, 0) is 42.9 Å². The molecule has 4 rings (SSSR count). The van der Waals surface area contributed by atoms with Gasteiger partial charge >= 0.3 is 6.09 Å².